The number of amides is 2. The highest BCUT2D eigenvalue weighted by Crippen LogP contribution is 2.65. The van der Waals surface area contributed by atoms with Crippen molar-refractivity contribution in [2.45, 2.75) is 71.6 Å². The standard InChI is InChI=1S/C23H32N2O3/c1-22(2)17-11-12-23(22,3)19(14-17)24-20(26)18-10-7-13-25(18)21(27)28-15-16-8-5-4-6-9-16/h4-6,8-9,17-19H,7,10-15H2,1-3H3,(H,24,26)/t17-,18+,19-,23+/m1/s1. The van der Waals surface area contributed by atoms with Gasteiger partial charge in [-0.25, -0.2) is 4.79 Å². The van der Waals surface area contributed by atoms with E-state index in [2.05, 4.69) is 26.1 Å². The molecule has 3 fully saturated rings. The van der Waals surface area contributed by atoms with Crippen LogP contribution in [0.15, 0.2) is 30.3 Å². The van der Waals surface area contributed by atoms with Gasteiger partial charge in [0.15, 0.2) is 0 Å². The van der Waals surface area contributed by atoms with E-state index in [1.54, 1.807) is 4.90 Å². The average Bonchev–Trinajstić information content (AvgIpc) is 3.30. The third-order valence-corrected chi connectivity index (χ3v) is 8.11. The maximum atomic E-state index is 13.1. The quantitative estimate of drug-likeness (QED) is 0.850. The van der Waals surface area contributed by atoms with E-state index in [0.717, 1.165) is 18.4 Å². The maximum absolute atomic E-state index is 13.1. The van der Waals surface area contributed by atoms with Gasteiger partial charge in [0.25, 0.3) is 0 Å². The third-order valence-electron chi connectivity index (χ3n) is 8.11. The molecule has 1 aromatic carbocycles. The number of hydrogen-bond acceptors (Lipinski definition) is 3. The summed E-state index contributed by atoms with van der Waals surface area (Å²) in [5.41, 5.74) is 1.35. The summed E-state index contributed by atoms with van der Waals surface area (Å²) < 4.78 is 5.47. The van der Waals surface area contributed by atoms with E-state index < -0.39 is 6.04 Å². The SMILES string of the molecule is CC1(C)[C@@H]2CC[C@@]1(C)[C@H](NC(=O)[C@@H]1CCCN1C(=O)OCc1ccccc1)C2. The molecule has 2 saturated carbocycles. The Kier molecular flexibility index (Phi) is 4.88. The van der Waals surface area contributed by atoms with Crippen LogP contribution < -0.4 is 5.32 Å². The first kappa shape index (κ1) is 19.3. The minimum absolute atomic E-state index is 0.0104. The van der Waals surface area contributed by atoms with E-state index in [4.69, 9.17) is 4.74 Å². The molecule has 4 atom stereocenters. The minimum Gasteiger partial charge on any atom is -0.445 e. The van der Waals surface area contributed by atoms with Crippen LogP contribution in [0.1, 0.15) is 58.4 Å². The summed E-state index contributed by atoms with van der Waals surface area (Å²) in [4.78, 5) is 27.3. The molecule has 1 heterocycles. The molecule has 0 aromatic heterocycles. The molecule has 2 bridgehead atoms. The number of likely N-dealkylation sites (tertiary alicyclic amines) is 1. The van der Waals surface area contributed by atoms with Crippen LogP contribution in [0.2, 0.25) is 0 Å². The Morgan fingerprint density at radius 1 is 1.18 bits per heavy atom. The first-order valence-electron chi connectivity index (χ1n) is 10.6. The van der Waals surface area contributed by atoms with Gasteiger partial charge in [-0.3, -0.25) is 9.69 Å². The lowest BCUT2D eigenvalue weighted by Gasteiger charge is -2.40. The molecule has 2 aliphatic carbocycles. The van der Waals surface area contributed by atoms with Crippen LogP contribution >= 0.6 is 0 Å². The molecule has 28 heavy (non-hydrogen) atoms. The third kappa shape index (κ3) is 3.09. The van der Waals surface area contributed by atoms with Gasteiger partial charge in [-0.1, -0.05) is 51.1 Å². The average molecular weight is 385 g/mol. The fourth-order valence-corrected chi connectivity index (χ4v) is 5.75. The van der Waals surface area contributed by atoms with E-state index in [1.807, 2.05) is 30.3 Å². The topological polar surface area (TPSA) is 58.6 Å². The zero-order chi connectivity index (χ0) is 19.9. The van der Waals surface area contributed by atoms with Gasteiger partial charge < -0.3 is 10.1 Å². The van der Waals surface area contributed by atoms with E-state index >= 15 is 0 Å². The maximum Gasteiger partial charge on any atom is 0.410 e. The van der Waals surface area contributed by atoms with Crippen LogP contribution in [0.5, 0.6) is 0 Å². The number of carbonyl (C=O) groups excluding carboxylic acids is 2. The molecule has 3 aliphatic rings. The zero-order valence-electron chi connectivity index (χ0n) is 17.2. The summed E-state index contributed by atoms with van der Waals surface area (Å²) in [5, 5.41) is 3.32. The second-order valence-corrected chi connectivity index (χ2v) is 9.56. The molecule has 5 nitrogen and oxygen atoms in total. The first-order chi connectivity index (χ1) is 13.3. The number of nitrogens with one attached hydrogen (secondary N) is 1. The number of ether oxygens (including phenoxy) is 1. The van der Waals surface area contributed by atoms with Crippen molar-refractivity contribution in [2.75, 3.05) is 6.54 Å². The number of fused-ring (bicyclic) bond motifs is 2. The molecule has 4 rings (SSSR count). The van der Waals surface area contributed by atoms with Crippen LogP contribution in [0, 0.1) is 16.7 Å². The largest absolute Gasteiger partial charge is 0.445 e. The van der Waals surface area contributed by atoms with Crippen LogP contribution in [-0.2, 0) is 16.1 Å². The van der Waals surface area contributed by atoms with Gasteiger partial charge in [0, 0.05) is 12.6 Å². The van der Waals surface area contributed by atoms with Crippen LogP contribution in [0.4, 0.5) is 4.79 Å². The molecule has 1 aromatic rings. The van der Waals surface area contributed by atoms with Gasteiger partial charge in [-0.15, -0.1) is 0 Å². The summed E-state index contributed by atoms with van der Waals surface area (Å²) >= 11 is 0. The number of carbonyl (C=O) groups is 2. The van der Waals surface area contributed by atoms with E-state index in [9.17, 15) is 9.59 Å². The number of nitrogens with zero attached hydrogens (tertiary/aromatic N) is 1. The van der Waals surface area contributed by atoms with Crippen molar-refractivity contribution in [2.24, 2.45) is 16.7 Å². The Balaban J connectivity index is 1.37. The molecule has 0 spiro atoms. The Bertz CT molecular complexity index is 747. The monoisotopic (exact) mass is 384 g/mol. The van der Waals surface area contributed by atoms with Gasteiger partial charge in [-0.2, -0.15) is 0 Å². The van der Waals surface area contributed by atoms with E-state index in [0.29, 0.717) is 18.9 Å². The fraction of sp³-hybridized carbons (Fsp3) is 0.652. The van der Waals surface area contributed by atoms with Crippen molar-refractivity contribution in [3.8, 4) is 0 Å². The lowest BCUT2D eigenvalue weighted by molar-refractivity contribution is -0.127. The van der Waals surface area contributed by atoms with Crippen LogP contribution in [-0.4, -0.2) is 35.5 Å². The number of hydrogen-bond donors (Lipinski definition) is 1. The van der Waals surface area contributed by atoms with Crippen molar-refractivity contribution in [1.29, 1.82) is 0 Å². The fourth-order valence-electron chi connectivity index (χ4n) is 5.75. The lowest BCUT2D eigenvalue weighted by Crippen LogP contribution is -2.53. The van der Waals surface area contributed by atoms with Gasteiger partial charge in [-0.05, 0) is 54.4 Å². The van der Waals surface area contributed by atoms with Gasteiger partial charge >= 0.3 is 6.09 Å². The molecule has 0 radical (unpaired) electrons. The lowest BCUT2D eigenvalue weighted by atomic mass is 9.69. The van der Waals surface area contributed by atoms with Gasteiger partial charge in [0.2, 0.25) is 5.91 Å². The minimum atomic E-state index is -0.408. The smallest absolute Gasteiger partial charge is 0.410 e. The van der Waals surface area contributed by atoms with Gasteiger partial charge in [0.1, 0.15) is 12.6 Å². The first-order valence-corrected chi connectivity index (χ1v) is 10.6. The van der Waals surface area contributed by atoms with Crippen molar-refractivity contribution >= 4 is 12.0 Å². The Hall–Kier alpha value is -2.04. The summed E-state index contributed by atoms with van der Waals surface area (Å²) in [6.45, 7) is 7.84. The number of rotatable bonds is 4. The second kappa shape index (κ2) is 7.09. The molecule has 1 aliphatic heterocycles. The highest BCUT2D eigenvalue weighted by molar-refractivity contribution is 5.86. The van der Waals surface area contributed by atoms with Crippen molar-refractivity contribution < 1.29 is 14.3 Å². The molecular formula is C23H32N2O3. The van der Waals surface area contributed by atoms with Crippen LogP contribution in [0.3, 0.4) is 0 Å². The summed E-state index contributed by atoms with van der Waals surface area (Å²) in [7, 11) is 0. The Labute approximate surface area is 167 Å². The van der Waals surface area contributed by atoms with Gasteiger partial charge in [0.05, 0.1) is 0 Å². The predicted octanol–water partition coefficient (Wildman–Crippen LogP) is 4.12. The van der Waals surface area contributed by atoms with Crippen molar-refractivity contribution in [3.63, 3.8) is 0 Å². The Morgan fingerprint density at radius 3 is 2.57 bits per heavy atom. The predicted molar refractivity (Wildman–Crippen MR) is 108 cm³/mol. The molecule has 5 heteroatoms. The molecule has 1 N–H and O–H groups in total. The Morgan fingerprint density at radius 2 is 1.93 bits per heavy atom. The molecule has 2 amide bonds. The van der Waals surface area contributed by atoms with Crippen molar-refractivity contribution in [1.82, 2.24) is 10.2 Å². The van der Waals surface area contributed by atoms with E-state index in [1.165, 1.54) is 12.8 Å². The zero-order valence-corrected chi connectivity index (χ0v) is 17.2. The molecular weight excluding hydrogens is 352 g/mol. The molecule has 0 unspecified atom stereocenters. The van der Waals surface area contributed by atoms with Crippen LogP contribution in [0.25, 0.3) is 0 Å². The molecule has 152 valence electrons. The highest BCUT2D eigenvalue weighted by Gasteiger charge is 2.61. The summed E-state index contributed by atoms with van der Waals surface area (Å²) in [5.74, 6) is 0.669. The second-order valence-electron chi connectivity index (χ2n) is 9.56. The normalized spacial score (nSPS) is 33.1. The highest BCUT2D eigenvalue weighted by atomic mass is 16.6. The number of benzene rings is 1. The van der Waals surface area contributed by atoms with E-state index in [-0.39, 0.29) is 35.5 Å². The summed E-state index contributed by atoms with van der Waals surface area (Å²) in [6, 6.07) is 9.44. The molecule has 1 saturated heterocycles. The summed E-state index contributed by atoms with van der Waals surface area (Å²) in [6.07, 6.45) is 4.65. The van der Waals surface area contributed by atoms with Crippen molar-refractivity contribution in [3.05, 3.63) is 35.9 Å².